The van der Waals surface area contributed by atoms with Crippen molar-refractivity contribution >= 4 is 34.4 Å². The molecule has 3 atom stereocenters. The number of piperidine rings is 2. The largest absolute Gasteiger partial charge is 0.378 e. The SMILES string of the molecule is C=C(CN1[C@H](C)CCC[C@@H]1C)C(=O)N[C@@H]1CCCN(Cc2ccnc(C(=O)Nc3ccc(-c4cc5c(N6CCOCC6)ncnc5[nH]4)cc3)c2)C1. The molecule has 3 aliphatic heterocycles. The van der Waals surface area contributed by atoms with Gasteiger partial charge in [0.15, 0.2) is 0 Å². The molecular formula is C39H49N9O3. The molecule has 2 amide bonds. The van der Waals surface area contributed by atoms with E-state index < -0.39 is 0 Å². The van der Waals surface area contributed by atoms with Gasteiger partial charge in [-0.3, -0.25) is 24.4 Å². The molecule has 0 bridgehead atoms. The average Bonchev–Trinajstić information content (AvgIpc) is 3.59. The van der Waals surface area contributed by atoms with Crippen molar-refractivity contribution in [3.63, 3.8) is 0 Å². The number of pyridine rings is 1. The van der Waals surface area contributed by atoms with Crippen LogP contribution >= 0.6 is 0 Å². The highest BCUT2D eigenvalue weighted by atomic mass is 16.5. The minimum absolute atomic E-state index is 0.0451. The number of amides is 2. The number of morpholine rings is 1. The Morgan fingerprint density at radius 2 is 1.75 bits per heavy atom. The second-order valence-corrected chi connectivity index (χ2v) is 14.3. The van der Waals surface area contributed by atoms with Gasteiger partial charge in [0.25, 0.3) is 5.91 Å². The van der Waals surface area contributed by atoms with Crippen molar-refractivity contribution in [3.8, 4) is 11.3 Å². The topological polar surface area (TPSA) is 132 Å². The summed E-state index contributed by atoms with van der Waals surface area (Å²) >= 11 is 0. The minimum Gasteiger partial charge on any atom is -0.378 e. The number of carbonyl (C=O) groups is 2. The van der Waals surface area contributed by atoms with Crippen LogP contribution in [0.25, 0.3) is 22.3 Å². The minimum atomic E-state index is -0.264. The number of aromatic nitrogens is 4. The maximum Gasteiger partial charge on any atom is 0.274 e. The quantitative estimate of drug-likeness (QED) is 0.197. The van der Waals surface area contributed by atoms with Crippen LogP contribution in [0.1, 0.15) is 62.0 Å². The van der Waals surface area contributed by atoms with Crippen molar-refractivity contribution in [1.82, 2.24) is 35.1 Å². The predicted octanol–water partition coefficient (Wildman–Crippen LogP) is 5.01. The molecule has 12 heteroatoms. The fourth-order valence-corrected chi connectivity index (χ4v) is 7.68. The predicted molar refractivity (Wildman–Crippen MR) is 200 cm³/mol. The summed E-state index contributed by atoms with van der Waals surface area (Å²) in [6.45, 7) is 14.6. The molecule has 0 radical (unpaired) electrons. The number of ether oxygens (including phenoxy) is 1. The van der Waals surface area contributed by atoms with Crippen LogP contribution in [0.4, 0.5) is 11.5 Å². The fraction of sp³-hybridized carbons (Fsp3) is 0.462. The third-order valence-electron chi connectivity index (χ3n) is 10.5. The van der Waals surface area contributed by atoms with E-state index in [0.29, 0.717) is 55.3 Å². The van der Waals surface area contributed by atoms with Gasteiger partial charge in [0, 0.05) is 74.0 Å². The number of likely N-dealkylation sites (tertiary alicyclic amines) is 2. The van der Waals surface area contributed by atoms with Crippen LogP contribution in [0.15, 0.2) is 67.1 Å². The number of anilines is 2. The van der Waals surface area contributed by atoms with Crippen LogP contribution in [-0.2, 0) is 16.1 Å². The van der Waals surface area contributed by atoms with Crippen molar-refractivity contribution in [2.24, 2.45) is 0 Å². The monoisotopic (exact) mass is 691 g/mol. The molecule has 6 heterocycles. The molecule has 12 nitrogen and oxygen atoms in total. The highest BCUT2D eigenvalue weighted by Gasteiger charge is 2.28. The number of hydrogen-bond donors (Lipinski definition) is 3. The van der Waals surface area contributed by atoms with Crippen LogP contribution < -0.4 is 15.5 Å². The zero-order chi connectivity index (χ0) is 35.3. The van der Waals surface area contributed by atoms with E-state index in [1.807, 2.05) is 36.4 Å². The number of carbonyl (C=O) groups excluding carboxylic acids is 2. The summed E-state index contributed by atoms with van der Waals surface area (Å²) in [7, 11) is 0. The van der Waals surface area contributed by atoms with Gasteiger partial charge >= 0.3 is 0 Å². The van der Waals surface area contributed by atoms with E-state index in [1.54, 1.807) is 12.5 Å². The van der Waals surface area contributed by atoms with Gasteiger partial charge in [0.2, 0.25) is 5.91 Å². The van der Waals surface area contributed by atoms with Crippen molar-refractivity contribution in [2.75, 3.05) is 56.2 Å². The molecule has 0 unspecified atom stereocenters. The molecule has 3 N–H and O–H groups in total. The lowest BCUT2D eigenvalue weighted by molar-refractivity contribution is -0.119. The van der Waals surface area contributed by atoms with Crippen LogP contribution in [0.5, 0.6) is 0 Å². The second-order valence-electron chi connectivity index (χ2n) is 14.3. The number of H-pyrrole nitrogens is 1. The van der Waals surface area contributed by atoms with Gasteiger partial charge in [-0.2, -0.15) is 0 Å². The van der Waals surface area contributed by atoms with E-state index >= 15 is 0 Å². The van der Waals surface area contributed by atoms with E-state index in [9.17, 15) is 9.59 Å². The van der Waals surface area contributed by atoms with Crippen molar-refractivity contribution < 1.29 is 14.3 Å². The number of nitrogens with zero attached hydrogens (tertiary/aromatic N) is 6. The molecule has 3 aromatic heterocycles. The second kappa shape index (κ2) is 15.7. The normalized spacial score (nSPS) is 21.8. The number of benzene rings is 1. The number of fused-ring (bicyclic) bond motifs is 1. The van der Waals surface area contributed by atoms with Gasteiger partial charge in [-0.25, -0.2) is 9.97 Å². The van der Waals surface area contributed by atoms with Gasteiger partial charge in [-0.05, 0) is 87.5 Å². The summed E-state index contributed by atoms with van der Waals surface area (Å²) in [5, 5.41) is 7.22. The molecule has 0 saturated carbocycles. The summed E-state index contributed by atoms with van der Waals surface area (Å²) in [4.78, 5) is 50.1. The lowest BCUT2D eigenvalue weighted by Crippen LogP contribution is -2.49. The van der Waals surface area contributed by atoms with Crippen molar-refractivity contribution in [1.29, 1.82) is 0 Å². The molecule has 3 saturated heterocycles. The Labute approximate surface area is 299 Å². The molecular weight excluding hydrogens is 642 g/mol. The van der Waals surface area contributed by atoms with E-state index in [-0.39, 0.29) is 17.9 Å². The van der Waals surface area contributed by atoms with Gasteiger partial charge in [-0.15, -0.1) is 0 Å². The first kappa shape index (κ1) is 34.8. The van der Waals surface area contributed by atoms with E-state index in [0.717, 1.165) is 72.7 Å². The first-order chi connectivity index (χ1) is 24.8. The highest BCUT2D eigenvalue weighted by molar-refractivity contribution is 6.03. The van der Waals surface area contributed by atoms with Gasteiger partial charge in [0.1, 0.15) is 23.5 Å². The molecule has 268 valence electrons. The summed E-state index contributed by atoms with van der Waals surface area (Å²) in [5.41, 5.74) is 5.38. The molecule has 7 rings (SSSR count). The van der Waals surface area contributed by atoms with Gasteiger partial charge in [0.05, 0.1) is 18.6 Å². The Kier molecular flexibility index (Phi) is 10.7. The van der Waals surface area contributed by atoms with Crippen LogP contribution in [0, 0.1) is 0 Å². The van der Waals surface area contributed by atoms with Gasteiger partial charge in [-0.1, -0.05) is 25.1 Å². The number of aromatic amines is 1. The Hall–Kier alpha value is -4.65. The summed E-state index contributed by atoms with van der Waals surface area (Å²) in [6.07, 6.45) is 8.80. The molecule has 3 fully saturated rings. The number of rotatable bonds is 10. The summed E-state index contributed by atoms with van der Waals surface area (Å²) in [6, 6.07) is 14.6. The molecule has 4 aromatic rings. The molecule has 0 spiro atoms. The highest BCUT2D eigenvalue weighted by Crippen LogP contribution is 2.30. The standard InChI is InChI=1S/C39H49N9O3/c1-26(22-48-27(2)6-4-7-28(48)3)38(49)44-32-8-5-15-46(24-32)23-29-13-14-40-35(20-29)39(50)43-31-11-9-30(10-12-31)34-21-33-36(45-34)41-25-42-37(33)47-16-18-51-19-17-47/h9-14,20-21,25,27-28,32H,1,4-8,15-19,22-24H2,2-3H3,(H,43,50)(H,44,49)(H,41,42,45)/t27-,28+,32-/m1/s1. The maximum atomic E-state index is 13.3. The van der Waals surface area contributed by atoms with E-state index in [4.69, 9.17) is 4.74 Å². The number of nitrogens with one attached hydrogen (secondary N) is 3. The third kappa shape index (κ3) is 8.30. The van der Waals surface area contributed by atoms with Crippen LogP contribution in [0.3, 0.4) is 0 Å². The van der Waals surface area contributed by atoms with Crippen molar-refractivity contribution in [3.05, 3.63) is 78.4 Å². The Morgan fingerprint density at radius 3 is 2.53 bits per heavy atom. The van der Waals surface area contributed by atoms with Crippen LogP contribution in [0.2, 0.25) is 0 Å². The fourth-order valence-electron chi connectivity index (χ4n) is 7.68. The van der Waals surface area contributed by atoms with Gasteiger partial charge < -0.3 is 25.3 Å². The zero-order valence-corrected chi connectivity index (χ0v) is 29.7. The Morgan fingerprint density at radius 1 is 0.961 bits per heavy atom. The maximum absolute atomic E-state index is 13.3. The lowest BCUT2D eigenvalue weighted by Gasteiger charge is -2.39. The molecule has 51 heavy (non-hydrogen) atoms. The first-order valence-electron chi connectivity index (χ1n) is 18.3. The van der Waals surface area contributed by atoms with E-state index in [1.165, 1.54) is 19.3 Å². The average molecular weight is 692 g/mol. The van der Waals surface area contributed by atoms with Crippen LogP contribution in [-0.4, -0.2) is 106 Å². The molecule has 3 aliphatic rings. The number of hydrogen-bond acceptors (Lipinski definition) is 9. The smallest absolute Gasteiger partial charge is 0.274 e. The Balaban J connectivity index is 0.928. The lowest BCUT2D eigenvalue weighted by atomic mass is 9.96. The Bertz CT molecular complexity index is 1840. The zero-order valence-electron chi connectivity index (χ0n) is 29.7. The van der Waals surface area contributed by atoms with Crippen molar-refractivity contribution in [2.45, 2.75) is 70.6 Å². The first-order valence-corrected chi connectivity index (χ1v) is 18.3. The van der Waals surface area contributed by atoms with E-state index in [2.05, 4.69) is 71.8 Å². The summed E-state index contributed by atoms with van der Waals surface area (Å²) in [5.74, 6) is 0.599. The molecule has 0 aliphatic carbocycles. The summed E-state index contributed by atoms with van der Waals surface area (Å²) < 4.78 is 5.51. The molecule has 1 aromatic carbocycles. The third-order valence-corrected chi connectivity index (χ3v) is 10.5.